The highest BCUT2D eigenvalue weighted by atomic mass is 16.5. The molecule has 0 bridgehead atoms. The van der Waals surface area contributed by atoms with Crippen LogP contribution in [0.4, 0.5) is 5.69 Å². The number of para-hydroxylation sites is 1. The molecular weight excluding hydrogens is 254 g/mol. The molecule has 0 aliphatic rings. The monoisotopic (exact) mass is 277 g/mol. The molecule has 1 rings (SSSR count). The highest BCUT2D eigenvalue weighted by molar-refractivity contribution is 6.00. The van der Waals surface area contributed by atoms with Crippen LogP contribution in [-0.2, 0) is 14.3 Å². The third-order valence-electron chi connectivity index (χ3n) is 3.37. The molecule has 20 heavy (non-hydrogen) atoms. The van der Waals surface area contributed by atoms with Crippen molar-refractivity contribution in [1.29, 1.82) is 0 Å². The molecule has 1 amide bonds. The van der Waals surface area contributed by atoms with Gasteiger partial charge in [0.15, 0.2) is 0 Å². The topological polar surface area (TPSA) is 46.6 Å². The van der Waals surface area contributed by atoms with E-state index in [1.165, 1.54) is 4.90 Å². The maximum absolute atomic E-state index is 12.7. The number of esters is 1. The van der Waals surface area contributed by atoms with E-state index in [0.29, 0.717) is 18.7 Å². The summed E-state index contributed by atoms with van der Waals surface area (Å²) in [6, 6.07) is 9.21. The molecule has 0 heterocycles. The first-order valence-corrected chi connectivity index (χ1v) is 6.95. The van der Waals surface area contributed by atoms with Crippen LogP contribution < -0.4 is 4.90 Å². The summed E-state index contributed by atoms with van der Waals surface area (Å²) in [5.74, 6) is -0.462. The van der Waals surface area contributed by atoms with Gasteiger partial charge in [0, 0.05) is 11.1 Å². The molecule has 1 aromatic rings. The number of nitrogens with zero attached hydrogens (tertiary/aromatic N) is 1. The van der Waals surface area contributed by atoms with Crippen molar-refractivity contribution in [3.05, 3.63) is 30.3 Å². The van der Waals surface area contributed by atoms with Crippen LogP contribution in [0.1, 0.15) is 34.1 Å². The van der Waals surface area contributed by atoms with Crippen LogP contribution in [0, 0.1) is 5.41 Å². The number of rotatable bonds is 6. The lowest BCUT2D eigenvalue weighted by atomic mass is 9.88. The fourth-order valence-electron chi connectivity index (χ4n) is 1.74. The van der Waals surface area contributed by atoms with Crippen molar-refractivity contribution in [3.8, 4) is 0 Å². The SMILES string of the molecule is CCOC(=O)CN(C(=O)C(C)(C)CC)c1ccccc1. The van der Waals surface area contributed by atoms with Crippen LogP contribution in [0.15, 0.2) is 30.3 Å². The minimum Gasteiger partial charge on any atom is -0.465 e. The van der Waals surface area contributed by atoms with E-state index in [1.807, 2.05) is 51.1 Å². The predicted octanol–water partition coefficient (Wildman–Crippen LogP) is 3.02. The molecule has 0 fully saturated rings. The van der Waals surface area contributed by atoms with Gasteiger partial charge < -0.3 is 9.64 Å². The molecule has 0 radical (unpaired) electrons. The summed E-state index contributed by atoms with van der Waals surface area (Å²) in [5.41, 5.74) is 0.203. The first-order chi connectivity index (χ1) is 9.42. The molecule has 0 aromatic heterocycles. The van der Waals surface area contributed by atoms with E-state index in [1.54, 1.807) is 6.92 Å². The highest BCUT2D eigenvalue weighted by Crippen LogP contribution is 2.26. The van der Waals surface area contributed by atoms with Crippen molar-refractivity contribution in [2.75, 3.05) is 18.1 Å². The lowest BCUT2D eigenvalue weighted by molar-refractivity contribution is -0.143. The predicted molar refractivity (Wildman–Crippen MR) is 79.5 cm³/mol. The third-order valence-corrected chi connectivity index (χ3v) is 3.37. The van der Waals surface area contributed by atoms with Crippen LogP contribution in [0.5, 0.6) is 0 Å². The Hall–Kier alpha value is -1.84. The zero-order chi connectivity index (χ0) is 15.2. The van der Waals surface area contributed by atoms with Crippen molar-refractivity contribution in [2.45, 2.75) is 34.1 Å². The average molecular weight is 277 g/mol. The Kier molecular flexibility index (Phi) is 5.74. The largest absolute Gasteiger partial charge is 0.465 e. The van der Waals surface area contributed by atoms with Crippen molar-refractivity contribution in [1.82, 2.24) is 0 Å². The van der Waals surface area contributed by atoms with Crippen molar-refractivity contribution in [2.24, 2.45) is 5.41 Å². The molecule has 0 aliphatic heterocycles. The van der Waals surface area contributed by atoms with E-state index in [2.05, 4.69) is 0 Å². The van der Waals surface area contributed by atoms with Crippen LogP contribution in [-0.4, -0.2) is 25.0 Å². The minimum atomic E-state index is -0.512. The number of amides is 1. The van der Waals surface area contributed by atoms with E-state index < -0.39 is 11.4 Å². The lowest BCUT2D eigenvalue weighted by Gasteiger charge is -2.30. The van der Waals surface area contributed by atoms with Crippen LogP contribution in [0.3, 0.4) is 0 Å². The Balaban J connectivity index is 3.02. The van der Waals surface area contributed by atoms with Crippen molar-refractivity contribution in [3.63, 3.8) is 0 Å². The van der Waals surface area contributed by atoms with E-state index in [4.69, 9.17) is 4.74 Å². The Morgan fingerprint density at radius 3 is 2.25 bits per heavy atom. The maximum Gasteiger partial charge on any atom is 0.326 e. The standard InChI is InChI=1S/C16H23NO3/c1-5-16(3,4)15(19)17(12-14(18)20-6-2)13-10-8-7-9-11-13/h7-11H,5-6,12H2,1-4H3. The summed E-state index contributed by atoms with van der Waals surface area (Å²) in [6.07, 6.45) is 0.706. The summed E-state index contributed by atoms with van der Waals surface area (Å²) in [5, 5.41) is 0. The van der Waals surface area contributed by atoms with Gasteiger partial charge in [0.2, 0.25) is 5.91 Å². The van der Waals surface area contributed by atoms with Crippen molar-refractivity contribution >= 4 is 17.6 Å². The normalized spacial score (nSPS) is 11.0. The van der Waals surface area contributed by atoms with Gasteiger partial charge in [-0.3, -0.25) is 9.59 Å². The van der Waals surface area contributed by atoms with Gasteiger partial charge in [0.05, 0.1) is 6.61 Å². The number of hydrogen-bond acceptors (Lipinski definition) is 3. The molecule has 0 unspecified atom stereocenters. The van der Waals surface area contributed by atoms with Crippen molar-refractivity contribution < 1.29 is 14.3 Å². The first-order valence-electron chi connectivity index (χ1n) is 6.95. The van der Waals surface area contributed by atoms with Gasteiger partial charge in [-0.1, -0.05) is 39.0 Å². The summed E-state index contributed by atoms with van der Waals surface area (Å²) in [7, 11) is 0. The van der Waals surface area contributed by atoms with Gasteiger partial charge in [-0.15, -0.1) is 0 Å². The van der Waals surface area contributed by atoms with E-state index >= 15 is 0 Å². The van der Waals surface area contributed by atoms with Gasteiger partial charge in [-0.25, -0.2) is 0 Å². The molecule has 0 saturated carbocycles. The molecule has 4 heteroatoms. The van der Waals surface area contributed by atoms with E-state index in [-0.39, 0.29) is 12.5 Å². The summed E-state index contributed by atoms with van der Waals surface area (Å²) < 4.78 is 4.96. The number of hydrogen-bond donors (Lipinski definition) is 0. The number of ether oxygens (including phenoxy) is 1. The maximum atomic E-state index is 12.7. The second-order valence-electron chi connectivity index (χ2n) is 5.27. The summed E-state index contributed by atoms with van der Waals surface area (Å²) in [6.45, 7) is 7.74. The second-order valence-corrected chi connectivity index (χ2v) is 5.27. The van der Waals surface area contributed by atoms with Crippen LogP contribution in [0.25, 0.3) is 0 Å². The van der Waals surface area contributed by atoms with Gasteiger partial charge in [0.25, 0.3) is 0 Å². The molecular formula is C16H23NO3. The number of benzene rings is 1. The number of carbonyl (C=O) groups is 2. The zero-order valence-corrected chi connectivity index (χ0v) is 12.7. The van der Waals surface area contributed by atoms with Gasteiger partial charge in [0.1, 0.15) is 6.54 Å². The van der Waals surface area contributed by atoms with Crippen LogP contribution in [0.2, 0.25) is 0 Å². The smallest absolute Gasteiger partial charge is 0.326 e. The molecule has 0 spiro atoms. The highest BCUT2D eigenvalue weighted by Gasteiger charge is 2.32. The Bertz CT molecular complexity index is 454. The fraction of sp³-hybridized carbons (Fsp3) is 0.500. The average Bonchev–Trinajstić information content (AvgIpc) is 2.45. The van der Waals surface area contributed by atoms with E-state index in [0.717, 1.165) is 0 Å². The zero-order valence-electron chi connectivity index (χ0n) is 12.7. The lowest BCUT2D eigenvalue weighted by Crippen LogP contribution is -2.44. The summed E-state index contributed by atoms with van der Waals surface area (Å²) >= 11 is 0. The van der Waals surface area contributed by atoms with Gasteiger partial charge >= 0.3 is 5.97 Å². The summed E-state index contributed by atoms with van der Waals surface area (Å²) in [4.78, 5) is 25.9. The number of anilines is 1. The van der Waals surface area contributed by atoms with E-state index in [9.17, 15) is 9.59 Å². The molecule has 0 aliphatic carbocycles. The molecule has 0 atom stereocenters. The number of carbonyl (C=O) groups excluding carboxylic acids is 2. The quantitative estimate of drug-likeness (QED) is 0.751. The Morgan fingerprint density at radius 1 is 1.15 bits per heavy atom. The molecule has 0 N–H and O–H groups in total. The fourth-order valence-corrected chi connectivity index (χ4v) is 1.74. The molecule has 4 nitrogen and oxygen atoms in total. The Labute approximate surface area is 120 Å². The Morgan fingerprint density at radius 2 is 1.75 bits per heavy atom. The van der Waals surface area contributed by atoms with Gasteiger partial charge in [-0.2, -0.15) is 0 Å². The van der Waals surface area contributed by atoms with Gasteiger partial charge in [-0.05, 0) is 25.5 Å². The third kappa shape index (κ3) is 4.08. The van der Waals surface area contributed by atoms with Crippen LogP contribution >= 0.6 is 0 Å². The molecule has 1 aromatic carbocycles. The molecule has 0 saturated heterocycles. The minimum absolute atomic E-state index is 0.0554. The second kappa shape index (κ2) is 7.08. The molecule has 110 valence electrons. The first kappa shape index (κ1) is 16.2.